The number of aromatic amines is 1. The molecule has 6 heteroatoms. The summed E-state index contributed by atoms with van der Waals surface area (Å²) in [5, 5.41) is 14.2. The Morgan fingerprint density at radius 2 is 2.45 bits per heavy atom. The highest BCUT2D eigenvalue weighted by Gasteiger charge is 1.99. The average molecular weight is 151 g/mol. The lowest BCUT2D eigenvalue weighted by molar-refractivity contribution is 0.897. The minimum Gasteiger partial charge on any atom is -0.790 e. The molecule has 0 aliphatic heterocycles. The Morgan fingerprint density at radius 1 is 1.64 bits per heavy atom. The Morgan fingerprint density at radius 3 is 3.18 bits per heavy atom. The fourth-order valence-corrected chi connectivity index (χ4v) is 0.830. The van der Waals surface area contributed by atoms with Crippen LogP contribution in [0.2, 0.25) is 0 Å². The van der Waals surface area contributed by atoms with Crippen LogP contribution >= 0.6 is 0 Å². The fraction of sp³-hybridized carbons (Fsp3) is 0. The summed E-state index contributed by atoms with van der Waals surface area (Å²) in [5.41, 5.74) is -0.180. The highest BCUT2D eigenvalue weighted by molar-refractivity contribution is 5.71. The number of hydrogen-bond acceptors (Lipinski definition) is 4. The topological polar surface area (TPSA) is 86.6 Å². The number of nitrogens with one attached hydrogen (secondary N) is 1. The normalized spacial score (nSPS) is 10.5. The predicted molar refractivity (Wildman–Crippen MR) is 36.9 cm³/mol. The third kappa shape index (κ3) is 0.759. The van der Waals surface area contributed by atoms with E-state index in [0.717, 1.165) is 6.20 Å². The standard InChI is InChI=1S/C5H3N4O2/c10-5-3-1-9(11)8-4(3)6-2-7-5/h1-2H,(H,6,7,8,10)/q-1. The van der Waals surface area contributed by atoms with Crippen molar-refractivity contribution in [3.63, 3.8) is 0 Å². The zero-order valence-corrected chi connectivity index (χ0v) is 5.31. The van der Waals surface area contributed by atoms with Crippen molar-refractivity contribution in [3.8, 4) is 0 Å². The molecule has 0 aliphatic carbocycles. The molecular weight excluding hydrogens is 148 g/mol. The third-order valence-electron chi connectivity index (χ3n) is 1.30. The molecule has 11 heavy (non-hydrogen) atoms. The van der Waals surface area contributed by atoms with Gasteiger partial charge in [0.25, 0.3) is 5.56 Å². The summed E-state index contributed by atoms with van der Waals surface area (Å²) in [6, 6.07) is 0. The highest BCUT2D eigenvalue weighted by atomic mass is 16.5. The number of fused-ring (bicyclic) bond motifs is 1. The van der Waals surface area contributed by atoms with Crippen LogP contribution in [-0.4, -0.2) is 19.9 Å². The average Bonchev–Trinajstić information content (AvgIpc) is 2.31. The maximum Gasteiger partial charge on any atom is 0.261 e. The molecule has 0 aromatic carbocycles. The van der Waals surface area contributed by atoms with Crippen LogP contribution < -0.4 is 5.56 Å². The molecule has 2 aromatic rings. The van der Waals surface area contributed by atoms with Crippen LogP contribution in [0.4, 0.5) is 0 Å². The molecule has 0 radical (unpaired) electrons. The van der Waals surface area contributed by atoms with Crippen LogP contribution in [0.15, 0.2) is 17.3 Å². The molecule has 0 saturated heterocycles. The Kier molecular flexibility index (Phi) is 0.974. The smallest absolute Gasteiger partial charge is 0.261 e. The van der Waals surface area contributed by atoms with Crippen molar-refractivity contribution < 1.29 is 0 Å². The molecule has 0 amide bonds. The minimum absolute atomic E-state index is 0.170. The first kappa shape index (κ1) is 5.90. The van der Waals surface area contributed by atoms with Gasteiger partial charge >= 0.3 is 0 Å². The van der Waals surface area contributed by atoms with Gasteiger partial charge in [0.15, 0.2) is 5.65 Å². The Hall–Kier alpha value is -1.85. The van der Waals surface area contributed by atoms with Gasteiger partial charge in [-0.3, -0.25) is 9.64 Å². The molecule has 0 saturated carbocycles. The highest BCUT2D eigenvalue weighted by Crippen LogP contribution is 1.99. The maximum absolute atomic E-state index is 10.9. The summed E-state index contributed by atoms with van der Waals surface area (Å²) in [6.45, 7) is 0. The monoisotopic (exact) mass is 151 g/mol. The van der Waals surface area contributed by atoms with Crippen molar-refractivity contribution >= 4 is 11.0 Å². The second-order valence-corrected chi connectivity index (χ2v) is 2.00. The number of nitrogens with zero attached hydrogens (tertiary/aromatic N) is 3. The van der Waals surface area contributed by atoms with Crippen LogP contribution in [0.5, 0.6) is 0 Å². The van der Waals surface area contributed by atoms with E-state index in [2.05, 4.69) is 15.1 Å². The molecule has 56 valence electrons. The number of hydrogen-bond donors (Lipinski definition) is 1. The number of aromatic nitrogens is 4. The second-order valence-electron chi connectivity index (χ2n) is 2.00. The molecule has 0 atom stereocenters. The van der Waals surface area contributed by atoms with E-state index in [0.29, 0.717) is 4.85 Å². The summed E-state index contributed by atoms with van der Waals surface area (Å²) in [7, 11) is 0. The van der Waals surface area contributed by atoms with Gasteiger partial charge in [0.1, 0.15) is 5.39 Å². The lowest BCUT2D eigenvalue weighted by Gasteiger charge is -1.97. The maximum atomic E-state index is 10.9. The van der Waals surface area contributed by atoms with Gasteiger partial charge in [-0.1, -0.05) is 0 Å². The van der Waals surface area contributed by atoms with E-state index in [9.17, 15) is 10.0 Å². The van der Waals surface area contributed by atoms with E-state index >= 15 is 0 Å². The summed E-state index contributed by atoms with van der Waals surface area (Å²) in [5.74, 6) is 0. The van der Waals surface area contributed by atoms with Gasteiger partial charge in [-0.2, -0.15) is 5.10 Å². The Labute approximate surface area is 60.1 Å². The van der Waals surface area contributed by atoms with Gasteiger partial charge in [-0.15, -0.1) is 0 Å². The summed E-state index contributed by atoms with van der Waals surface area (Å²) < 4.78 is 0. The van der Waals surface area contributed by atoms with Crippen LogP contribution in [0, 0.1) is 5.21 Å². The van der Waals surface area contributed by atoms with Gasteiger partial charge in [0, 0.05) is 6.20 Å². The number of rotatable bonds is 0. The summed E-state index contributed by atoms with van der Waals surface area (Å²) in [4.78, 5) is 17.2. The molecule has 0 fully saturated rings. The zero-order valence-electron chi connectivity index (χ0n) is 5.31. The molecule has 0 spiro atoms. The van der Waals surface area contributed by atoms with Crippen molar-refractivity contribution in [1.82, 2.24) is 19.9 Å². The van der Waals surface area contributed by atoms with Crippen LogP contribution in [-0.2, 0) is 0 Å². The Bertz CT molecular complexity index is 443. The molecule has 2 heterocycles. The van der Waals surface area contributed by atoms with E-state index in [-0.39, 0.29) is 16.6 Å². The van der Waals surface area contributed by atoms with Crippen molar-refractivity contribution in [2.45, 2.75) is 0 Å². The van der Waals surface area contributed by atoms with E-state index in [1.807, 2.05) is 0 Å². The number of H-pyrrole nitrogens is 1. The lowest BCUT2D eigenvalue weighted by Crippen LogP contribution is -2.04. The Balaban J connectivity index is 3.02. The van der Waals surface area contributed by atoms with E-state index in [4.69, 9.17) is 0 Å². The molecule has 6 nitrogen and oxygen atoms in total. The summed E-state index contributed by atoms with van der Waals surface area (Å²) >= 11 is 0. The van der Waals surface area contributed by atoms with E-state index in [1.165, 1.54) is 6.33 Å². The van der Waals surface area contributed by atoms with Gasteiger partial charge in [-0.05, 0) is 0 Å². The molecule has 0 aliphatic rings. The molecule has 0 bridgehead atoms. The SMILES string of the molecule is O=c1[nH]cnc2nn([O-])cc12. The van der Waals surface area contributed by atoms with Crippen LogP contribution in [0.3, 0.4) is 0 Å². The molecule has 2 aromatic heterocycles. The van der Waals surface area contributed by atoms with Crippen LogP contribution in [0.1, 0.15) is 0 Å². The molecule has 1 N–H and O–H groups in total. The van der Waals surface area contributed by atoms with Crippen molar-refractivity contribution in [1.29, 1.82) is 0 Å². The first-order chi connectivity index (χ1) is 5.27. The van der Waals surface area contributed by atoms with Crippen molar-refractivity contribution in [2.75, 3.05) is 0 Å². The zero-order chi connectivity index (χ0) is 7.84. The summed E-state index contributed by atoms with van der Waals surface area (Å²) in [6.07, 6.45) is 2.29. The third-order valence-corrected chi connectivity index (χ3v) is 1.30. The lowest BCUT2D eigenvalue weighted by atomic mass is 10.4. The second kappa shape index (κ2) is 1.82. The largest absolute Gasteiger partial charge is 0.790 e. The van der Waals surface area contributed by atoms with Gasteiger partial charge < -0.3 is 10.2 Å². The first-order valence-corrected chi connectivity index (χ1v) is 2.88. The van der Waals surface area contributed by atoms with E-state index in [1.54, 1.807) is 0 Å². The van der Waals surface area contributed by atoms with Gasteiger partial charge in [0.2, 0.25) is 0 Å². The van der Waals surface area contributed by atoms with Crippen molar-refractivity contribution in [2.24, 2.45) is 0 Å². The molecule has 0 unspecified atom stereocenters. The quantitative estimate of drug-likeness (QED) is 0.548. The fourth-order valence-electron chi connectivity index (χ4n) is 0.830. The van der Waals surface area contributed by atoms with Gasteiger partial charge in [0.05, 0.1) is 6.33 Å². The van der Waals surface area contributed by atoms with Crippen molar-refractivity contribution in [3.05, 3.63) is 28.1 Å². The van der Waals surface area contributed by atoms with Gasteiger partial charge in [-0.25, -0.2) is 4.98 Å². The first-order valence-electron chi connectivity index (χ1n) is 2.88. The minimum atomic E-state index is -0.350. The molecular formula is C5H3N4O2-. The predicted octanol–water partition coefficient (Wildman–Crippen LogP) is -0.534. The van der Waals surface area contributed by atoms with E-state index < -0.39 is 0 Å². The molecule has 2 rings (SSSR count). The van der Waals surface area contributed by atoms with Crippen LogP contribution in [0.25, 0.3) is 11.0 Å².